The molecule has 0 unspecified atom stereocenters. The zero-order chi connectivity index (χ0) is 18.3. The maximum atomic E-state index is 12.4. The minimum Gasteiger partial charge on any atom is -0.358 e. The van der Waals surface area contributed by atoms with Crippen molar-refractivity contribution >= 4 is 21.8 Å². The van der Waals surface area contributed by atoms with Crippen LogP contribution in [-0.4, -0.2) is 63.2 Å². The predicted octanol–water partition coefficient (Wildman–Crippen LogP) is -0.227. The van der Waals surface area contributed by atoms with Crippen LogP contribution in [0.2, 0.25) is 0 Å². The van der Waals surface area contributed by atoms with Gasteiger partial charge in [0.1, 0.15) is 0 Å². The Balaban J connectivity index is 2.87. The van der Waals surface area contributed by atoms with Gasteiger partial charge in [-0.3, -0.25) is 9.59 Å². The smallest absolute Gasteiger partial charge is 0.243 e. The van der Waals surface area contributed by atoms with E-state index in [4.69, 9.17) is 5.26 Å². The van der Waals surface area contributed by atoms with Crippen molar-refractivity contribution in [1.82, 2.24) is 14.5 Å². The number of carbonyl (C=O) groups excluding carboxylic acids is 2. The number of rotatable bonds is 7. The van der Waals surface area contributed by atoms with Crippen molar-refractivity contribution in [3.8, 4) is 6.07 Å². The summed E-state index contributed by atoms with van der Waals surface area (Å²) in [6.45, 7) is 1.48. The first-order chi connectivity index (χ1) is 11.3. The molecule has 8 nitrogen and oxygen atoms in total. The number of nitriles is 1. The monoisotopic (exact) mass is 352 g/mol. The van der Waals surface area contributed by atoms with Gasteiger partial charge in [-0.05, 0) is 31.2 Å². The van der Waals surface area contributed by atoms with Crippen LogP contribution in [0.5, 0.6) is 0 Å². The van der Waals surface area contributed by atoms with Gasteiger partial charge in [0.2, 0.25) is 21.8 Å². The molecule has 0 saturated carbocycles. The third-order valence-corrected chi connectivity index (χ3v) is 5.21. The van der Waals surface area contributed by atoms with E-state index < -0.39 is 15.9 Å². The molecule has 24 heavy (non-hydrogen) atoms. The fourth-order valence-corrected chi connectivity index (χ4v) is 3.01. The Bertz CT molecular complexity index is 738. The van der Waals surface area contributed by atoms with Gasteiger partial charge in [-0.25, -0.2) is 8.42 Å². The normalized spacial score (nSPS) is 11.0. The lowest BCUT2D eigenvalue weighted by molar-refractivity contribution is -0.135. The van der Waals surface area contributed by atoms with Crippen molar-refractivity contribution in [2.45, 2.75) is 11.8 Å². The molecule has 1 aromatic rings. The number of likely N-dealkylation sites (N-methyl/N-ethyl adjacent to an activating group) is 3. The summed E-state index contributed by atoms with van der Waals surface area (Å²) in [6.07, 6.45) is 0. The number of benzene rings is 1. The molecule has 0 aliphatic carbocycles. The summed E-state index contributed by atoms with van der Waals surface area (Å²) in [5, 5.41) is 11.2. The van der Waals surface area contributed by atoms with Gasteiger partial charge in [-0.2, -0.15) is 9.57 Å². The summed E-state index contributed by atoms with van der Waals surface area (Å²) >= 11 is 0. The molecular weight excluding hydrogens is 332 g/mol. The van der Waals surface area contributed by atoms with E-state index in [-0.39, 0.29) is 30.4 Å². The summed E-state index contributed by atoms with van der Waals surface area (Å²) in [6, 6.07) is 7.33. The Morgan fingerprint density at radius 1 is 1.21 bits per heavy atom. The number of nitrogens with zero attached hydrogens (tertiary/aromatic N) is 3. The lowest BCUT2D eigenvalue weighted by Gasteiger charge is -2.23. The van der Waals surface area contributed by atoms with E-state index in [1.807, 2.05) is 6.07 Å². The molecule has 0 aromatic heterocycles. The molecule has 0 aliphatic heterocycles. The lowest BCUT2D eigenvalue weighted by atomic mass is 10.2. The Kier molecular flexibility index (Phi) is 6.88. The van der Waals surface area contributed by atoms with Crippen LogP contribution in [0, 0.1) is 11.3 Å². The van der Waals surface area contributed by atoms with Crippen molar-refractivity contribution in [2.24, 2.45) is 0 Å². The van der Waals surface area contributed by atoms with Crippen molar-refractivity contribution in [2.75, 3.05) is 33.7 Å². The van der Waals surface area contributed by atoms with E-state index >= 15 is 0 Å². The molecule has 0 radical (unpaired) electrons. The van der Waals surface area contributed by atoms with Crippen molar-refractivity contribution in [1.29, 1.82) is 5.26 Å². The van der Waals surface area contributed by atoms with E-state index in [1.54, 1.807) is 6.92 Å². The molecule has 0 saturated heterocycles. The molecule has 9 heteroatoms. The first kappa shape index (κ1) is 19.6. The SMILES string of the molecule is CCN(CC(=O)NC)C(=O)CN(C)S(=O)(=O)c1ccc(C#N)cc1. The van der Waals surface area contributed by atoms with E-state index in [0.29, 0.717) is 5.56 Å². The summed E-state index contributed by atoms with van der Waals surface area (Å²) in [7, 11) is -1.11. The molecule has 2 amide bonds. The van der Waals surface area contributed by atoms with Gasteiger partial charge < -0.3 is 10.2 Å². The molecule has 1 rings (SSSR count). The molecule has 0 fully saturated rings. The Hall–Kier alpha value is -2.44. The molecule has 130 valence electrons. The second kappa shape index (κ2) is 8.42. The molecule has 0 heterocycles. The van der Waals surface area contributed by atoms with Gasteiger partial charge in [0.25, 0.3) is 0 Å². The second-order valence-electron chi connectivity index (χ2n) is 4.98. The van der Waals surface area contributed by atoms with Crippen LogP contribution >= 0.6 is 0 Å². The van der Waals surface area contributed by atoms with Crippen LogP contribution in [-0.2, 0) is 19.6 Å². The fraction of sp³-hybridized carbons (Fsp3) is 0.400. The number of carbonyl (C=O) groups is 2. The summed E-state index contributed by atoms with van der Waals surface area (Å²) in [5.74, 6) is -0.802. The van der Waals surface area contributed by atoms with Gasteiger partial charge in [0.05, 0.1) is 29.6 Å². The molecule has 0 atom stereocenters. The Morgan fingerprint density at radius 2 is 1.79 bits per heavy atom. The third kappa shape index (κ3) is 4.78. The zero-order valence-electron chi connectivity index (χ0n) is 13.8. The number of hydrogen-bond donors (Lipinski definition) is 1. The lowest BCUT2D eigenvalue weighted by Crippen LogP contribution is -2.44. The van der Waals surface area contributed by atoms with E-state index in [0.717, 1.165) is 4.31 Å². The Labute approximate surface area is 141 Å². The summed E-state index contributed by atoms with van der Waals surface area (Å²) in [5.41, 5.74) is 0.343. The highest BCUT2D eigenvalue weighted by Gasteiger charge is 2.25. The topological polar surface area (TPSA) is 111 Å². The predicted molar refractivity (Wildman–Crippen MR) is 87.3 cm³/mol. The minimum absolute atomic E-state index is 0.00819. The maximum absolute atomic E-state index is 12.4. The van der Waals surface area contributed by atoms with E-state index in [9.17, 15) is 18.0 Å². The first-order valence-corrected chi connectivity index (χ1v) is 8.65. The maximum Gasteiger partial charge on any atom is 0.243 e. The molecule has 1 N–H and O–H groups in total. The van der Waals surface area contributed by atoms with Crippen molar-refractivity contribution in [3.05, 3.63) is 29.8 Å². The third-order valence-electron chi connectivity index (χ3n) is 3.40. The van der Waals surface area contributed by atoms with Gasteiger partial charge in [0, 0.05) is 20.6 Å². The number of amides is 2. The number of nitrogens with one attached hydrogen (secondary N) is 1. The van der Waals surface area contributed by atoms with Gasteiger partial charge in [0.15, 0.2) is 0 Å². The molecule has 0 bridgehead atoms. The minimum atomic E-state index is -3.86. The van der Waals surface area contributed by atoms with Gasteiger partial charge in [-0.1, -0.05) is 0 Å². The average molecular weight is 352 g/mol. The quantitative estimate of drug-likeness (QED) is 0.729. The first-order valence-electron chi connectivity index (χ1n) is 7.21. The molecule has 0 aliphatic rings. The largest absolute Gasteiger partial charge is 0.358 e. The highest BCUT2D eigenvalue weighted by atomic mass is 32.2. The second-order valence-corrected chi connectivity index (χ2v) is 7.02. The van der Waals surface area contributed by atoms with E-state index in [1.165, 1.54) is 43.3 Å². The highest BCUT2D eigenvalue weighted by Crippen LogP contribution is 2.15. The molecule has 0 spiro atoms. The van der Waals surface area contributed by atoms with Crippen LogP contribution in [0.1, 0.15) is 12.5 Å². The van der Waals surface area contributed by atoms with Crippen molar-refractivity contribution < 1.29 is 18.0 Å². The van der Waals surface area contributed by atoms with Crippen LogP contribution in [0.15, 0.2) is 29.2 Å². The zero-order valence-corrected chi connectivity index (χ0v) is 14.6. The van der Waals surface area contributed by atoms with Crippen LogP contribution < -0.4 is 5.32 Å². The molecular formula is C15H20N4O4S. The summed E-state index contributed by atoms with van der Waals surface area (Å²) in [4.78, 5) is 24.9. The molecule has 1 aromatic carbocycles. The number of hydrogen-bond acceptors (Lipinski definition) is 5. The Morgan fingerprint density at radius 3 is 2.25 bits per heavy atom. The van der Waals surface area contributed by atoms with Crippen molar-refractivity contribution in [3.63, 3.8) is 0 Å². The summed E-state index contributed by atoms with van der Waals surface area (Å²) < 4.78 is 25.8. The fourth-order valence-electron chi connectivity index (χ4n) is 1.89. The van der Waals surface area contributed by atoms with Gasteiger partial charge in [-0.15, -0.1) is 0 Å². The van der Waals surface area contributed by atoms with Crippen LogP contribution in [0.4, 0.5) is 0 Å². The highest BCUT2D eigenvalue weighted by molar-refractivity contribution is 7.89. The standard InChI is InChI=1S/C15H20N4O4S/c1-4-19(10-14(20)17-2)15(21)11-18(3)24(22,23)13-7-5-12(9-16)6-8-13/h5-8H,4,10-11H2,1-3H3,(H,17,20). The van der Waals surface area contributed by atoms with Crippen LogP contribution in [0.25, 0.3) is 0 Å². The average Bonchev–Trinajstić information content (AvgIpc) is 2.58. The van der Waals surface area contributed by atoms with E-state index in [2.05, 4.69) is 5.32 Å². The van der Waals surface area contributed by atoms with Crippen LogP contribution in [0.3, 0.4) is 0 Å². The number of sulfonamides is 1. The van der Waals surface area contributed by atoms with Gasteiger partial charge >= 0.3 is 0 Å².